The van der Waals surface area contributed by atoms with E-state index < -0.39 is 0 Å². The number of amidine groups is 1. The summed E-state index contributed by atoms with van der Waals surface area (Å²) in [5.74, 6) is 0.168. The van der Waals surface area contributed by atoms with Gasteiger partial charge in [0.05, 0.1) is 11.4 Å². The number of carbonyl (C=O) groups excluding carboxylic acids is 1. The predicted molar refractivity (Wildman–Crippen MR) is 88.6 cm³/mol. The van der Waals surface area contributed by atoms with Crippen molar-refractivity contribution in [3.63, 3.8) is 0 Å². The molecule has 0 saturated carbocycles. The number of carbonyl (C=O) groups is 1. The van der Waals surface area contributed by atoms with Crippen molar-refractivity contribution in [3.8, 4) is 0 Å². The molecule has 0 unspecified atom stereocenters. The fourth-order valence-electron chi connectivity index (χ4n) is 2.53. The Morgan fingerprint density at radius 1 is 0.818 bits per heavy atom. The van der Waals surface area contributed by atoms with Gasteiger partial charge >= 0.3 is 0 Å². The number of benzene rings is 3. The van der Waals surface area contributed by atoms with E-state index in [1.807, 2.05) is 66.7 Å². The molecule has 1 aliphatic heterocycles. The SMILES string of the molecule is O=C(C1=Nc2ccccc2NN1)c1ccc2ccccc2c1. The van der Waals surface area contributed by atoms with Gasteiger partial charge in [-0.05, 0) is 29.0 Å². The van der Waals surface area contributed by atoms with Crippen molar-refractivity contribution in [2.24, 2.45) is 4.99 Å². The number of ketones is 1. The first-order valence-electron chi connectivity index (χ1n) is 7.04. The summed E-state index contributed by atoms with van der Waals surface area (Å²) in [6, 6.07) is 21.2. The number of aliphatic imine (C=N–C) groups is 1. The fourth-order valence-corrected chi connectivity index (χ4v) is 2.53. The Morgan fingerprint density at radius 2 is 1.59 bits per heavy atom. The first-order valence-corrected chi connectivity index (χ1v) is 7.04. The van der Waals surface area contributed by atoms with Gasteiger partial charge in [-0.2, -0.15) is 0 Å². The molecule has 4 heteroatoms. The van der Waals surface area contributed by atoms with Crippen molar-refractivity contribution in [1.82, 2.24) is 5.43 Å². The van der Waals surface area contributed by atoms with Crippen LogP contribution in [0.4, 0.5) is 11.4 Å². The Hall–Kier alpha value is -3.14. The van der Waals surface area contributed by atoms with Crippen LogP contribution in [-0.2, 0) is 0 Å². The molecule has 4 rings (SSSR count). The lowest BCUT2D eigenvalue weighted by molar-refractivity contribution is 0.106. The first-order chi connectivity index (χ1) is 10.8. The van der Waals surface area contributed by atoms with E-state index in [4.69, 9.17) is 0 Å². The van der Waals surface area contributed by atoms with Gasteiger partial charge in [0.2, 0.25) is 5.78 Å². The minimum atomic E-state index is -0.132. The van der Waals surface area contributed by atoms with E-state index in [0.717, 1.165) is 22.1 Å². The summed E-state index contributed by atoms with van der Waals surface area (Å²) in [5.41, 5.74) is 8.10. The van der Waals surface area contributed by atoms with Crippen LogP contribution in [-0.4, -0.2) is 11.6 Å². The summed E-state index contributed by atoms with van der Waals surface area (Å²) in [6.07, 6.45) is 0. The van der Waals surface area contributed by atoms with Crippen LogP contribution in [0.1, 0.15) is 10.4 Å². The molecule has 3 aromatic rings. The van der Waals surface area contributed by atoms with Crippen LogP contribution in [0, 0.1) is 0 Å². The first kappa shape index (κ1) is 12.6. The molecular formula is C18H13N3O. The molecule has 0 atom stereocenters. The third-order valence-electron chi connectivity index (χ3n) is 3.68. The predicted octanol–water partition coefficient (Wildman–Crippen LogP) is 3.68. The zero-order chi connectivity index (χ0) is 14.9. The molecule has 1 aliphatic rings. The van der Waals surface area contributed by atoms with E-state index in [-0.39, 0.29) is 5.78 Å². The second-order valence-electron chi connectivity index (χ2n) is 5.12. The van der Waals surface area contributed by atoms with Gasteiger partial charge in [0.15, 0.2) is 5.84 Å². The molecule has 0 fully saturated rings. The number of Topliss-reactive ketones (excluding diaryl/α,β-unsaturated/α-hetero) is 1. The van der Waals surface area contributed by atoms with Crippen molar-refractivity contribution in [2.75, 3.05) is 5.43 Å². The minimum Gasteiger partial charge on any atom is -0.297 e. The van der Waals surface area contributed by atoms with Crippen LogP contribution in [0.3, 0.4) is 0 Å². The Morgan fingerprint density at radius 3 is 2.50 bits per heavy atom. The summed E-state index contributed by atoms with van der Waals surface area (Å²) < 4.78 is 0. The summed E-state index contributed by atoms with van der Waals surface area (Å²) in [7, 11) is 0. The molecule has 0 amide bonds. The Labute approximate surface area is 127 Å². The fraction of sp³-hybridized carbons (Fsp3) is 0. The monoisotopic (exact) mass is 287 g/mol. The maximum absolute atomic E-state index is 12.6. The second-order valence-corrected chi connectivity index (χ2v) is 5.12. The summed E-state index contributed by atoms with van der Waals surface area (Å²) in [5, 5.41) is 2.15. The van der Waals surface area contributed by atoms with Crippen LogP contribution in [0.25, 0.3) is 10.8 Å². The van der Waals surface area contributed by atoms with Gasteiger partial charge in [0, 0.05) is 5.56 Å². The number of hydrogen-bond donors (Lipinski definition) is 2. The van der Waals surface area contributed by atoms with Crippen molar-refractivity contribution < 1.29 is 4.79 Å². The standard InChI is InChI=1S/C18H13N3O/c22-17(14-10-9-12-5-1-2-6-13(12)11-14)18-19-15-7-3-4-8-16(15)20-21-18/h1-11,20H,(H,19,21). The molecule has 0 bridgehead atoms. The minimum absolute atomic E-state index is 0.132. The molecule has 3 aromatic carbocycles. The lowest BCUT2D eigenvalue weighted by atomic mass is 10.0. The normalized spacial score (nSPS) is 12.8. The van der Waals surface area contributed by atoms with Gasteiger partial charge in [0.1, 0.15) is 0 Å². The maximum atomic E-state index is 12.6. The average molecular weight is 287 g/mol. The van der Waals surface area contributed by atoms with Gasteiger partial charge in [-0.1, -0.05) is 48.5 Å². The zero-order valence-corrected chi connectivity index (χ0v) is 11.7. The second kappa shape index (κ2) is 5.00. The zero-order valence-electron chi connectivity index (χ0n) is 11.7. The Balaban J connectivity index is 1.73. The van der Waals surface area contributed by atoms with Crippen LogP contribution >= 0.6 is 0 Å². The van der Waals surface area contributed by atoms with E-state index in [9.17, 15) is 4.79 Å². The van der Waals surface area contributed by atoms with Crippen molar-refractivity contribution in [3.05, 3.63) is 72.3 Å². The van der Waals surface area contributed by atoms with Crippen LogP contribution < -0.4 is 10.9 Å². The lowest BCUT2D eigenvalue weighted by Crippen LogP contribution is -2.37. The number of para-hydroxylation sites is 2. The molecule has 0 radical (unpaired) electrons. The van der Waals surface area contributed by atoms with Crippen LogP contribution in [0.15, 0.2) is 71.7 Å². The topological polar surface area (TPSA) is 53.5 Å². The Kier molecular flexibility index (Phi) is 2.86. The molecular weight excluding hydrogens is 274 g/mol. The van der Waals surface area contributed by atoms with E-state index in [1.165, 1.54) is 0 Å². The van der Waals surface area contributed by atoms with Gasteiger partial charge < -0.3 is 0 Å². The highest BCUT2D eigenvalue weighted by Crippen LogP contribution is 2.26. The number of anilines is 1. The number of hydrazine groups is 1. The lowest BCUT2D eigenvalue weighted by Gasteiger charge is -2.18. The van der Waals surface area contributed by atoms with Crippen LogP contribution in [0.5, 0.6) is 0 Å². The number of fused-ring (bicyclic) bond motifs is 2. The van der Waals surface area contributed by atoms with E-state index in [2.05, 4.69) is 15.8 Å². The van der Waals surface area contributed by atoms with Crippen molar-refractivity contribution in [2.45, 2.75) is 0 Å². The number of rotatable bonds is 2. The van der Waals surface area contributed by atoms with E-state index in [0.29, 0.717) is 11.4 Å². The molecule has 22 heavy (non-hydrogen) atoms. The van der Waals surface area contributed by atoms with Gasteiger partial charge in [0.25, 0.3) is 0 Å². The van der Waals surface area contributed by atoms with Crippen LogP contribution in [0.2, 0.25) is 0 Å². The molecule has 0 saturated heterocycles. The van der Waals surface area contributed by atoms with E-state index in [1.54, 1.807) is 0 Å². The third-order valence-corrected chi connectivity index (χ3v) is 3.68. The third kappa shape index (κ3) is 2.11. The number of hydrogen-bond acceptors (Lipinski definition) is 4. The molecule has 4 nitrogen and oxygen atoms in total. The molecule has 0 aromatic heterocycles. The quantitative estimate of drug-likeness (QED) is 0.707. The molecule has 0 aliphatic carbocycles. The summed E-state index contributed by atoms with van der Waals surface area (Å²) in [6.45, 7) is 0. The van der Waals surface area contributed by atoms with Crippen molar-refractivity contribution in [1.29, 1.82) is 0 Å². The number of nitrogens with one attached hydrogen (secondary N) is 2. The molecule has 1 heterocycles. The average Bonchev–Trinajstić information content (AvgIpc) is 2.60. The van der Waals surface area contributed by atoms with E-state index >= 15 is 0 Å². The maximum Gasteiger partial charge on any atom is 0.229 e. The molecule has 106 valence electrons. The van der Waals surface area contributed by atoms with Gasteiger partial charge in [-0.3, -0.25) is 15.6 Å². The highest BCUT2D eigenvalue weighted by molar-refractivity contribution is 6.46. The Bertz CT molecular complexity index is 915. The number of nitrogens with zero attached hydrogens (tertiary/aromatic N) is 1. The molecule has 2 N–H and O–H groups in total. The highest BCUT2D eigenvalue weighted by Gasteiger charge is 2.18. The molecule has 0 spiro atoms. The highest BCUT2D eigenvalue weighted by atomic mass is 16.1. The smallest absolute Gasteiger partial charge is 0.229 e. The summed E-state index contributed by atoms with van der Waals surface area (Å²) >= 11 is 0. The largest absolute Gasteiger partial charge is 0.297 e. The van der Waals surface area contributed by atoms with Gasteiger partial charge in [-0.15, -0.1) is 0 Å². The van der Waals surface area contributed by atoms with Gasteiger partial charge in [-0.25, -0.2) is 4.99 Å². The summed E-state index contributed by atoms with van der Waals surface area (Å²) in [4.78, 5) is 17.0. The van der Waals surface area contributed by atoms with Crippen molar-refractivity contribution >= 4 is 33.8 Å².